The Morgan fingerprint density at radius 2 is 1.68 bits per heavy atom. The lowest BCUT2D eigenvalue weighted by Gasteiger charge is -2.31. The van der Waals surface area contributed by atoms with Crippen molar-refractivity contribution in [2.45, 2.75) is 38.7 Å². The number of likely N-dealkylation sites (tertiary alicyclic amines) is 1. The van der Waals surface area contributed by atoms with Gasteiger partial charge >= 0.3 is 30.3 Å². The van der Waals surface area contributed by atoms with Crippen molar-refractivity contribution in [3.8, 4) is 0 Å². The van der Waals surface area contributed by atoms with Crippen LogP contribution >= 0.6 is 11.3 Å². The Morgan fingerprint density at radius 3 is 2.17 bits per heavy atom. The zero-order valence-electron chi connectivity index (χ0n) is 21.7. The maximum Gasteiger partial charge on any atom is 0.490 e. The number of carboxylic acid groups (broad SMARTS) is 2. The van der Waals surface area contributed by atoms with Gasteiger partial charge in [0.1, 0.15) is 10.8 Å². The third-order valence-corrected chi connectivity index (χ3v) is 7.02. The Balaban J connectivity index is 0.000000349. The lowest BCUT2D eigenvalue weighted by molar-refractivity contribution is -0.193. The van der Waals surface area contributed by atoms with Crippen LogP contribution in [0.2, 0.25) is 0 Å². The quantitative estimate of drug-likeness (QED) is 0.375. The summed E-state index contributed by atoms with van der Waals surface area (Å²) in [6, 6.07) is 5.95. The van der Waals surface area contributed by atoms with Crippen LogP contribution in [0.3, 0.4) is 0 Å². The highest BCUT2D eigenvalue weighted by atomic mass is 32.1. The first-order valence-corrected chi connectivity index (χ1v) is 13.0. The van der Waals surface area contributed by atoms with E-state index in [0.717, 1.165) is 49.8 Å². The molecule has 2 aliphatic rings. The number of anilines is 1. The van der Waals surface area contributed by atoms with E-state index in [0.29, 0.717) is 13.2 Å². The standard InChI is InChI=1S/C20H26N4O2S.2C2HF3O2/c1-2-26-19(25)20-7-5-10-23(14-18-22-9-11-27-18)12-16(20)13-24(15-20)17-6-3-4-8-21-17;2*3-2(4,5)1(6)7/h3-4,6,8-9,11,16H,2,5,7,10,12-15H2,1H3;2*(H,6,7)/t16-,20-;;/m0../s1. The summed E-state index contributed by atoms with van der Waals surface area (Å²) in [5.41, 5.74) is -0.439. The minimum atomic E-state index is -5.08. The largest absolute Gasteiger partial charge is 0.490 e. The number of hydrogen-bond acceptors (Lipinski definition) is 9. The topological polar surface area (TPSA) is 133 Å². The normalized spacial score (nSPS) is 20.9. The van der Waals surface area contributed by atoms with Gasteiger partial charge in [-0.05, 0) is 38.4 Å². The molecule has 228 valence electrons. The van der Waals surface area contributed by atoms with Crippen molar-refractivity contribution in [3.05, 3.63) is 41.0 Å². The van der Waals surface area contributed by atoms with Crippen molar-refractivity contribution in [1.29, 1.82) is 0 Å². The number of carbonyl (C=O) groups excluding carboxylic acids is 1. The van der Waals surface area contributed by atoms with E-state index < -0.39 is 29.7 Å². The fraction of sp³-hybridized carbons (Fsp3) is 0.542. The van der Waals surface area contributed by atoms with Gasteiger partial charge in [0.2, 0.25) is 0 Å². The summed E-state index contributed by atoms with van der Waals surface area (Å²) in [7, 11) is 0. The van der Waals surface area contributed by atoms with E-state index in [-0.39, 0.29) is 11.9 Å². The second-order valence-corrected chi connectivity index (χ2v) is 9.99. The summed E-state index contributed by atoms with van der Waals surface area (Å²) in [4.78, 5) is 44.5. The van der Waals surface area contributed by atoms with E-state index in [4.69, 9.17) is 24.5 Å². The Bertz CT molecular complexity index is 1110. The van der Waals surface area contributed by atoms with Gasteiger partial charge in [0.15, 0.2) is 0 Å². The first-order valence-electron chi connectivity index (χ1n) is 12.1. The molecule has 0 amide bonds. The Morgan fingerprint density at radius 1 is 1.05 bits per heavy atom. The minimum absolute atomic E-state index is 0.0375. The van der Waals surface area contributed by atoms with E-state index in [1.165, 1.54) is 0 Å². The predicted octanol–water partition coefficient (Wildman–Crippen LogP) is 4.09. The summed E-state index contributed by atoms with van der Waals surface area (Å²) in [5.74, 6) is -4.37. The van der Waals surface area contributed by atoms with Crippen molar-refractivity contribution in [2.75, 3.05) is 37.7 Å². The SMILES string of the molecule is CCOC(=O)[C@]12CCCN(Cc3nccs3)C[C@H]1CN(c1ccccn1)C2.O=C(O)C(F)(F)F.O=C(O)C(F)(F)F. The number of fused-ring (bicyclic) bond motifs is 1. The number of alkyl halides is 6. The highest BCUT2D eigenvalue weighted by Gasteiger charge is 2.54. The molecule has 17 heteroatoms. The molecule has 2 saturated heterocycles. The number of aromatic nitrogens is 2. The number of halogens is 6. The van der Waals surface area contributed by atoms with Gasteiger partial charge in [-0.25, -0.2) is 19.6 Å². The maximum absolute atomic E-state index is 13.1. The molecule has 0 unspecified atom stereocenters. The van der Waals surface area contributed by atoms with Crippen molar-refractivity contribution >= 4 is 35.1 Å². The van der Waals surface area contributed by atoms with Gasteiger partial charge in [-0.1, -0.05) is 6.07 Å². The molecule has 41 heavy (non-hydrogen) atoms. The third-order valence-electron chi connectivity index (χ3n) is 6.25. The van der Waals surface area contributed by atoms with Crippen LogP contribution in [-0.2, 0) is 25.7 Å². The van der Waals surface area contributed by atoms with Gasteiger partial charge < -0.3 is 19.8 Å². The van der Waals surface area contributed by atoms with Crippen molar-refractivity contribution in [3.63, 3.8) is 0 Å². The molecule has 2 atom stereocenters. The average molecular weight is 615 g/mol. The number of nitrogens with zero attached hydrogens (tertiary/aromatic N) is 4. The van der Waals surface area contributed by atoms with Gasteiger partial charge in [-0.3, -0.25) is 9.69 Å². The molecule has 2 aromatic rings. The summed E-state index contributed by atoms with van der Waals surface area (Å²) < 4.78 is 69.0. The van der Waals surface area contributed by atoms with Gasteiger partial charge in [0, 0.05) is 43.3 Å². The number of esters is 1. The van der Waals surface area contributed by atoms with Crippen LogP contribution in [0.1, 0.15) is 24.8 Å². The number of aliphatic carboxylic acids is 2. The second-order valence-electron chi connectivity index (χ2n) is 9.01. The summed E-state index contributed by atoms with van der Waals surface area (Å²) in [6.07, 6.45) is -4.63. The van der Waals surface area contributed by atoms with E-state index in [9.17, 15) is 31.1 Å². The van der Waals surface area contributed by atoms with Gasteiger partial charge in [-0.15, -0.1) is 11.3 Å². The molecule has 4 heterocycles. The van der Waals surface area contributed by atoms with E-state index in [1.807, 2.05) is 42.9 Å². The monoisotopic (exact) mass is 614 g/mol. The highest BCUT2D eigenvalue weighted by Crippen LogP contribution is 2.45. The zero-order chi connectivity index (χ0) is 30.8. The molecule has 2 aromatic heterocycles. The molecule has 0 aliphatic carbocycles. The third kappa shape index (κ3) is 9.84. The molecule has 2 aliphatic heterocycles. The molecular weight excluding hydrogens is 586 g/mol. The Kier molecular flexibility index (Phi) is 11.9. The highest BCUT2D eigenvalue weighted by molar-refractivity contribution is 7.09. The van der Waals surface area contributed by atoms with Gasteiger partial charge in [0.05, 0.1) is 18.6 Å². The lowest BCUT2D eigenvalue weighted by atomic mass is 9.75. The average Bonchev–Trinajstić information content (AvgIpc) is 3.49. The molecule has 0 bridgehead atoms. The zero-order valence-corrected chi connectivity index (χ0v) is 22.5. The number of pyridine rings is 1. The van der Waals surface area contributed by atoms with E-state index in [1.54, 1.807) is 11.3 Å². The van der Waals surface area contributed by atoms with Crippen LogP contribution in [0, 0.1) is 11.3 Å². The number of ether oxygens (including phenoxy) is 1. The van der Waals surface area contributed by atoms with Crippen molar-refractivity contribution in [2.24, 2.45) is 11.3 Å². The van der Waals surface area contributed by atoms with Crippen LogP contribution in [0.4, 0.5) is 32.2 Å². The fourth-order valence-electron chi connectivity index (χ4n) is 4.50. The molecule has 4 rings (SSSR count). The van der Waals surface area contributed by atoms with Crippen LogP contribution in [0.5, 0.6) is 0 Å². The number of carboxylic acids is 2. The number of thiazole rings is 1. The number of carbonyl (C=O) groups is 3. The summed E-state index contributed by atoms with van der Waals surface area (Å²) in [5, 5.41) is 17.4. The van der Waals surface area contributed by atoms with E-state index >= 15 is 0 Å². The minimum Gasteiger partial charge on any atom is -0.475 e. The molecule has 10 nitrogen and oxygen atoms in total. The molecular formula is C24H28F6N4O6S. The molecule has 0 radical (unpaired) electrons. The lowest BCUT2D eigenvalue weighted by Crippen LogP contribution is -2.42. The molecule has 0 aromatic carbocycles. The molecule has 2 fully saturated rings. The number of rotatable bonds is 5. The van der Waals surface area contributed by atoms with Crippen LogP contribution in [0.15, 0.2) is 36.0 Å². The van der Waals surface area contributed by atoms with Gasteiger partial charge in [-0.2, -0.15) is 26.3 Å². The van der Waals surface area contributed by atoms with Crippen molar-refractivity contribution in [1.82, 2.24) is 14.9 Å². The smallest absolute Gasteiger partial charge is 0.475 e. The van der Waals surface area contributed by atoms with Crippen LogP contribution in [0.25, 0.3) is 0 Å². The first-order chi connectivity index (χ1) is 19.1. The van der Waals surface area contributed by atoms with Crippen molar-refractivity contribution < 1.29 is 55.7 Å². The number of hydrogen-bond donors (Lipinski definition) is 2. The van der Waals surface area contributed by atoms with E-state index in [2.05, 4.69) is 19.8 Å². The van der Waals surface area contributed by atoms with Gasteiger partial charge in [0.25, 0.3) is 0 Å². The molecule has 2 N–H and O–H groups in total. The predicted molar refractivity (Wildman–Crippen MR) is 133 cm³/mol. The maximum atomic E-state index is 13.1. The van der Waals surface area contributed by atoms with Crippen LogP contribution < -0.4 is 4.90 Å². The second kappa shape index (κ2) is 14.4. The summed E-state index contributed by atoms with van der Waals surface area (Å²) >= 11 is 1.69. The summed E-state index contributed by atoms with van der Waals surface area (Å²) in [6.45, 7) is 6.60. The first kappa shape index (κ1) is 33.7. The van der Waals surface area contributed by atoms with Crippen LogP contribution in [-0.4, -0.2) is 88.1 Å². The Hall–Kier alpha value is -3.47. The molecule has 0 spiro atoms. The Labute approximate surface area is 234 Å². The fourth-order valence-corrected chi connectivity index (χ4v) is 5.16. The molecule has 0 saturated carbocycles.